The summed E-state index contributed by atoms with van der Waals surface area (Å²) in [6.45, 7) is 5.69. The zero-order valence-corrected chi connectivity index (χ0v) is 12.1. The number of hydrogen-bond acceptors (Lipinski definition) is 3. The minimum absolute atomic E-state index is 0.0565. The molecule has 0 saturated carbocycles. The van der Waals surface area contributed by atoms with E-state index in [2.05, 4.69) is 0 Å². The first kappa shape index (κ1) is 14.5. The molecule has 0 radical (unpaired) electrons. The van der Waals surface area contributed by atoms with E-state index in [-0.39, 0.29) is 23.5 Å². The third-order valence-electron chi connectivity index (χ3n) is 3.85. The van der Waals surface area contributed by atoms with Gasteiger partial charge in [-0.25, -0.2) is 0 Å². The second-order valence-corrected chi connectivity index (χ2v) is 6.24. The van der Waals surface area contributed by atoms with E-state index < -0.39 is 11.0 Å². The third-order valence-corrected chi connectivity index (χ3v) is 3.85. The van der Waals surface area contributed by atoms with E-state index in [1.54, 1.807) is 30.3 Å². The van der Waals surface area contributed by atoms with Crippen LogP contribution in [-0.2, 0) is 0 Å². The van der Waals surface area contributed by atoms with Crippen LogP contribution in [0.3, 0.4) is 0 Å². The van der Waals surface area contributed by atoms with Crippen molar-refractivity contribution < 1.29 is 15.0 Å². The molecule has 0 aromatic heterocycles. The molecule has 106 valence electrons. The Hall–Kier alpha value is -1.87. The highest BCUT2D eigenvalue weighted by molar-refractivity contribution is 6.11. The topological polar surface area (TPSA) is 57.5 Å². The second-order valence-electron chi connectivity index (χ2n) is 6.24. The van der Waals surface area contributed by atoms with Gasteiger partial charge in [-0.3, -0.25) is 4.79 Å². The fraction of sp³-hybridized carbons (Fsp3) is 0.353. The molecule has 0 amide bonds. The molecule has 2 rings (SSSR count). The predicted octanol–water partition coefficient (Wildman–Crippen LogP) is 3.42. The van der Waals surface area contributed by atoms with E-state index in [0.29, 0.717) is 5.56 Å². The zero-order valence-electron chi connectivity index (χ0n) is 12.1. The van der Waals surface area contributed by atoms with E-state index in [4.69, 9.17) is 0 Å². The molecule has 3 heteroatoms. The first-order chi connectivity index (χ1) is 9.24. The highest BCUT2D eigenvalue weighted by atomic mass is 16.3. The van der Waals surface area contributed by atoms with Gasteiger partial charge in [-0.05, 0) is 11.5 Å². The Bertz CT molecular complexity index is 576. The van der Waals surface area contributed by atoms with Crippen molar-refractivity contribution in [2.45, 2.75) is 32.8 Å². The lowest BCUT2D eigenvalue weighted by Gasteiger charge is -2.39. The summed E-state index contributed by atoms with van der Waals surface area (Å²) < 4.78 is 0. The number of aliphatic hydroxyl groups excluding tert-OH is 1. The van der Waals surface area contributed by atoms with Gasteiger partial charge >= 0.3 is 0 Å². The maximum absolute atomic E-state index is 12.3. The molecular formula is C17H20O3. The largest absolute Gasteiger partial charge is 0.511 e. The van der Waals surface area contributed by atoms with Gasteiger partial charge < -0.3 is 10.2 Å². The fourth-order valence-electron chi connectivity index (χ4n) is 2.19. The van der Waals surface area contributed by atoms with Crippen molar-refractivity contribution in [2.75, 3.05) is 0 Å². The fourth-order valence-corrected chi connectivity index (χ4v) is 2.19. The van der Waals surface area contributed by atoms with E-state index in [1.165, 1.54) is 6.08 Å². The maximum atomic E-state index is 12.3. The summed E-state index contributed by atoms with van der Waals surface area (Å²) in [5, 5.41) is 20.7. The van der Waals surface area contributed by atoms with E-state index in [9.17, 15) is 15.0 Å². The summed E-state index contributed by atoms with van der Waals surface area (Å²) in [5.74, 6) is -0.283. The molecule has 1 atom stereocenters. The Kier molecular flexibility index (Phi) is 3.57. The molecule has 1 aliphatic rings. The molecule has 0 spiro atoms. The van der Waals surface area contributed by atoms with Crippen molar-refractivity contribution in [1.29, 1.82) is 0 Å². The van der Waals surface area contributed by atoms with Crippen molar-refractivity contribution in [3.05, 3.63) is 59.4 Å². The molecule has 20 heavy (non-hydrogen) atoms. The monoisotopic (exact) mass is 272 g/mol. The quantitative estimate of drug-likeness (QED) is 0.811. The Balaban J connectivity index is 2.31. The van der Waals surface area contributed by atoms with Crippen molar-refractivity contribution >= 4 is 5.78 Å². The highest BCUT2D eigenvalue weighted by Gasteiger charge is 2.41. The van der Waals surface area contributed by atoms with Gasteiger partial charge in [-0.1, -0.05) is 57.2 Å². The van der Waals surface area contributed by atoms with Crippen LogP contribution in [0.4, 0.5) is 0 Å². The molecule has 1 unspecified atom stereocenters. The number of carbonyl (C=O) groups excluding carboxylic acids is 1. The van der Waals surface area contributed by atoms with Gasteiger partial charge in [0.25, 0.3) is 0 Å². The molecule has 1 aromatic carbocycles. The van der Waals surface area contributed by atoms with Gasteiger partial charge in [0, 0.05) is 12.0 Å². The lowest BCUT2D eigenvalue weighted by Crippen LogP contribution is -2.42. The number of allylic oxidation sites excluding steroid dienone is 2. The summed E-state index contributed by atoms with van der Waals surface area (Å²) >= 11 is 0. The van der Waals surface area contributed by atoms with Crippen LogP contribution >= 0.6 is 0 Å². The molecule has 0 heterocycles. The summed E-state index contributed by atoms with van der Waals surface area (Å²) in [6, 6.07) is 8.81. The van der Waals surface area contributed by atoms with Crippen LogP contribution in [0, 0.1) is 5.41 Å². The number of Topliss-reactive ketones (excluding diaryl/α,β-unsaturated/α-hetero) is 1. The van der Waals surface area contributed by atoms with Crippen LogP contribution in [0.25, 0.3) is 0 Å². The number of carbonyl (C=O) groups is 1. The van der Waals surface area contributed by atoms with Crippen LogP contribution in [-0.4, -0.2) is 21.6 Å². The molecule has 1 aromatic rings. The lowest BCUT2D eigenvalue weighted by atomic mass is 9.71. The predicted molar refractivity (Wildman–Crippen MR) is 78.6 cm³/mol. The minimum Gasteiger partial charge on any atom is -0.511 e. The van der Waals surface area contributed by atoms with Crippen molar-refractivity contribution in [3.63, 3.8) is 0 Å². The average Bonchev–Trinajstić information content (AvgIpc) is 2.38. The van der Waals surface area contributed by atoms with Gasteiger partial charge in [-0.15, -0.1) is 0 Å². The van der Waals surface area contributed by atoms with Crippen LogP contribution < -0.4 is 0 Å². The Morgan fingerprint density at radius 3 is 2.30 bits per heavy atom. The molecule has 0 bridgehead atoms. The number of hydrogen-bond donors (Lipinski definition) is 2. The smallest absolute Gasteiger partial charge is 0.196 e. The summed E-state index contributed by atoms with van der Waals surface area (Å²) in [4.78, 5) is 12.3. The zero-order chi connectivity index (χ0) is 15.0. The van der Waals surface area contributed by atoms with Crippen molar-refractivity contribution in [2.24, 2.45) is 5.41 Å². The van der Waals surface area contributed by atoms with E-state index in [1.807, 2.05) is 26.8 Å². The van der Waals surface area contributed by atoms with Gasteiger partial charge in [-0.2, -0.15) is 0 Å². The highest BCUT2D eigenvalue weighted by Crippen LogP contribution is 2.40. The summed E-state index contributed by atoms with van der Waals surface area (Å²) in [6.07, 6.45) is 3.20. The third kappa shape index (κ3) is 2.54. The number of benzene rings is 1. The van der Waals surface area contributed by atoms with Crippen molar-refractivity contribution in [1.82, 2.24) is 0 Å². The Labute approximate surface area is 119 Å². The van der Waals surface area contributed by atoms with E-state index in [0.717, 1.165) is 0 Å². The number of aliphatic hydroxyl groups is 2. The molecule has 0 saturated heterocycles. The number of ketones is 1. The molecule has 0 aliphatic heterocycles. The van der Waals surface area contributed by atoms with Crippen LogP contribution in [0.1, 0.15) is 37.6 Å². The molecule has 3 nitrogen and oxygen atoms in total. The lowest BCUT2D eigenvalue weighted by molar-refractivity contribution is -0.0222. The minimum atomic E-state index is -1.14. The van der Waals surface area contributed by atoms with Crippen molar-refractivity contribution in [3.8, 4) is 0 Å². The maximum Gasteiger partial charge on any atom is 0.196 e. The Morgan fingerprint density at radius 2 is 1.80 bits per heavy atom. The SMILES string of the molecule is CC(C)(C)C1(O)C=CC(C(=O)c2ccccc2)=C(O)C1. The second kappa shape index (κ2) is 4.91. The molecule has 2 N–H and O–H groups in total. The first-order valence-electron chi connectivity index (χ1n) is 6.68. The van der Waals surface area contributed by atoms with Gasteiger partial charge in [0.1, 0.15) is 5.76 Å². The van der Waals surface area contributed by atoms with Crippen LogP contribution in [0.2, 0.25) is 0 Å². The summed E-state index contributed by atoms with van der Waals surface area (Å²) in [7, 11) is 0. The molecular weight excluding hydrogens is 252 g/mol. The van der Waals surface area contributed by atoms with Gasteiger partial charge in [0.15, 0.2) is 5.78 Å². The number of rotatable bonds is 2. The molecule has 0 fully saturated rings. The van der Waals surface area contributed by atoms with E-state index >= 15 is 0 Å². The normalized spacial score (nSPS) is 23.0. The molecule has 1 aliphatic carbocycles. The standard InChI is InChI=1S/C17H20O3/c1-16(2,3)17(20)10-9-13(14(18)11-17)15(19)12-7-5-4-6-8-12/h4-10,18,20H,11H2,1-3H3. The first-order valence-corrected chi connectivity index (χ1v) is 6.68. The Morgan fingerprint density at radius 1 is 1.20 bits per heavy atom. The average molecular weight is 272 g/mol. The van der Waals surface area contributed by atoms with Crippen LogP contribution in [0.5, 0.6) is 0 Å². The summed E-state index contributed by atoms with van der Waals surface area (Å²) in [5.41, 5.74) is -0.777. The van der Waals surface area contributed by atoms with Crippen LogP contribution in [0.15, 0.2) is 53.8 Å². The van der Waals surface area contributed by atoms with Gasteiger partial charge in [0.05, 0.1) is 11.2 Å². The van der Waals surface area contributed by atoms with Gasteiger partial charge in [0.2, 0.25) is 0 Å².